The SMILES string of the molecule is O=C(Nc1ccc(N2CCCNCC2)nc1)c1oc(N2CCCCC2)nc1C(F)(F)F. The molecule has 2 aromatic rings. The number of pyridine rings is 1. The van der Waals surface area contributed by atoms with Gasteiger partial charge in [0.25, 0.3) is 11.9 Å². The predicted molar refractivity (Wildman–Crippen MR) is 109 cm³/mol. The number of carbonyl (C=O) groups is 1. The number of hydrogen-bond donors (Lipinski definition) is 2. The number of rotatable bonds is 4. The number of aromatic nitrogens is 2. The molecule has 0 saturated carbocycles. The van der Waals surface area contributed by atoms with Crippen LogP contribution in [0.2, 0.25) is 0 Å². The molecular weight excluding hydrogens is 413 g/mol. The Labute approximate surface area is 177 Å². The molecule has 2 saturated heterocycles. The minimum absolute atomic E-state index is 0.166. The molecule has 0 unspecified atom stereocenters. The summed E-state index contributed by atoms with van der Waals surface area (Å²) in [6.07, 6.45) is 0.319. The summed E-state index contributed by atoms with van der Waals surface area (Å²) in [6, 6.07) is 3.19. The number of oxazole rings is 1. The molecule has 0 radical (unpaired) electrons. The lowest BCUT2D eigenvalue weighted by Crippen LogP contribution is -2.29. The molecule has 11 heteroatoms. The van der Waals surface area contributed by atoms with E-state index in [0.29, 0.717) is 13.1 Å². The number of halogens is 3. The fraction of sp³-hybridized carbons (Fsp3) is 0.550. The summed E-state index contributed by atoms with van der Waals surface area (Å²) in [4.78, 5) is 24.3. The first-order chi connectivity index (χ1) is 14.9. The largest absolute Gasteiger partial charge is 0.437 e. The maximum Gasteiger partial charge on any atom is 0.437 e. The van der Waals surface area contributed by atoms with Gasteiger partial charge in [0.1, 0.15) is 5.82 Å². The van der Waals surface area contributed by atoms with E-state index < -0.39 is 23.5 Å². The van der Waals surface area contributed by atoms with Gasteiger partial charge in [0, 0.05) is 32.7 Å². The molecule has 4 heterocycles. The van der Waals surface area contributed by atoms with E-state index >= 15 is 0 Å². The lowest BCUT2D eigenvalue weighted by atomic mass is 10.1. The third kappa shape index (κ3) is 5.09. The molecule has 0 bridgehead atoms. The fourth-order valence-electron chi connectivity index (χ4n) is 3.79. The van der Waals surface area contributed by atoms with Crippen molar-refractivity contribution in [3.63, 3.8) is 0 Å². The third-order valence-corrected chi connectivity index (χ3v) is 5.39. The monoisotopic (exact) mass is 438 g/mol. The van der Waals surface area contributed by atoms with Crippen LogP contribution in [0.15, 0.2) is 22.7 Å². The average molecular weight is 438 g/mol. The van der Waals surface area contributed by atoms with Crippen molar-refractivity contribution in [2.24, 2.45) is 0 Å². The van der Waals surface area contributed by atoms with Crippen LogP contribution < -0.4 is 20.4 Å². The first-order valence-electron chi connectivity index (χ1n) is 10.5. The Hall–Kier alpha value is -2.82. The number of carbonyl (C=O) groups excluding carboxylic acids is 1. The number of piperidine rings is 1. The number of anilines is 3. The van der Waals surface area contributed by atoms with Crippen LogP contribution in [-0.2, 0) is 6.18 Å². The molecule has 0 aromatic carbocycles. The van der Waals surface area contributed by atoms with Crippen molar-refractivity contribution in [1.29, 1.82) is 0 Å². The molecule has 1 amide bonds. The topological polar surface area (TPSA) is 86.5 Å². The minimum atomic E-state index is -4.80. The van der Waals surface area contributed by atoms with E-state index in [9.17, 15) is 18.0 Å². The highest BCUT2D eigenvalue weighted by atomic mass is 19.4. The lowest BCUT2D eigenvalue weighted by molar-refractivity contribution is -0.141. The summed E-state index contributed by atoms with van der Waals surface area (Å²) in [6.45, 7) is 4.57. The molecule has 0 aliphatic carbocycles. The van der Waals surface area contributed by atoms with Gasteiger partial charge in [0.05, 0.1) is 11.9 Å². The van der Waals surface area contributed by atoms with E-state index in [2.05, 4.69) is 25.5 Å². The second-order valence-corrected chi connectivity index (χ2v) is 7.67. The summed E-state index contributed by atoms with van der Waals surface area (Å²) >= 11 is 0. The summed E-state index contributed by atoms with van der Waals surface area (Å²) < 4.78 is 45.7. The Morgan fingerprint density at radius 2 is 1.81 bits per heavy atom. The second kappa shape index (κ2) is 9.13. The molecule has 2 aromatic heterocycles. The summed E-state index contributed by atoms with van der Waals surface area (Å²) in [5, 5.41) is 5.75. The van der Waals surface area contributed by atoms with Gasteiger partial charge >= 0.3 is 6.18 Å². The molecule has 2 aliphatic rings. The van der Waals surface area contributed by atoms with Gasteiger partial charge in [-0.25, -0.2) is 4.98 Å². The van der Waals surface area contributed by atoms with Gasteiger partial charge in [-0.15, -0.1) is 0 Å². The van der Waals surface area contributed by atoms with E-state index in [1.807, 2.05) is 0 Å². The Morgan fingerprint density at radius 3 is 2.52 bits per heavy atom. The van der Waals surface area contributed by atoms with E-state index in [0.717, 1.165) is 57.7 Å². The van der Waals surface area contributed by atoms with Crippen LogP contribution in [0.4, 0.5) is 30.7 Å². The average Bonchev–Trinajstić information content (AvgIpc) is 3.06. The van der Waals surface area contributed by atoms with E-state index in [-0.39, 0.29) is 11.7 Å². The Bertz CT molecular complexity index is 885. The van der Waals surface area contributed by atoms with Crippen LogP contribution in [0.3, 0.4) is 0 Å². The number of alkyl halides is 3. The molecule has 2 fully saturated rings. The fourth-order valence-corrected chi connectivity index (χ4v) is 3.79. The molecule has 2 N–H and O–H groups in total. The van der Waals surface area contributed by atoms with Crippen LogP contribution >= 0.6 is 0 Å². The Balaban J connectivity index is 1.50. The van der Waals surface area contributed by atoms with Gasteiger partial charge in [-0.05, 0) is 44.4 Å². The molecule has 4 rings (SSSR count). The molecule has 0 spiro atoms. The van der Waals surface area contributed by atoms with E-state index in [4.69, 9.17) is 4.42 Å². The molecule has 8 nitrogen and oxygen atoms in total. The highest BCUT2D eigenvalue weighted by Crippen LogP contribution is 2.35. The van der Waals surface area contributed by atoms with Crippen molar-refractivity contribution in [3.05, 3.63) is 29.8 Å². The molecule has 2 aliphatic heterocycles. The zero-order chi connectivity index (χ0) is 21.8. The molecular formula is C20H25F3N6O2. The van der Waals surface area contributed by atoms with Crippen LogP contribution in [0.1, 0.15) is 41.9 Å². The Morgan fingerprint density at radius 1 is 1.03 bits per heavy atom. The van der Waals surface area contributed by atoms with E-state index in [1.54, 1.807) is 17.0 Å². The third-order valence-electron chi connectivity index (χ3n) is 5.39. The maximum absolute atomic E-state index is 13.5. The van der Waals surface area contributed by atoms with Crippen LogP contribution in [0, 0.1) is 0 Å². The van der Waals surface area contributed by atoms with Crippen molar-refractivity contribution in [1.82, 2.24) is 15.3 Å². The predicted octanol–water partition coefficient (Wildman–Crippen LogP) is 3.13. The van der Waals surface area contributed by atoms with Gasteiger partial charge in [-0.2, -0.15) is 18.2 Å². The highest BCUT2D eigenvalue weighted by molar-refractivity contribution is 6.03. The molecule has 31 heavy (non-hydrogen) atoms. The standard InChI is InChI=1S/C20H25F3N6O2/c21-20(22,23)17-16(31-19(27-17)29-9-2-1-3-10-29)18(30)26-14-5-6-15(25-13-14)28-11-4-7-24-8-12-28/h5-6,13,24H,1-4,7-12H2,(H,26,30). The van der Waals surface area contributed by atoms with Crippen molar-refractivity contribution >= 4 is 23.4 Å². The van der Waals surface area contributed by atoms with Gasteiger partial charge in [-0.3, -0.25) is 4.79 Å². The van der Waals surface area contributed by atoms with Crippen molar-refractivity contribution < 1.29 is 22.4 Å². The molecule has 168 valence electrons. The lowest BCUT2D eigenvalue weighted by Gasteiger charge is -2.24. The summed E-state index contributed by atoms with van der Waals surface area (Å²) in [5.41, 5.74) is -1.03. The van der Waals surface area contributed by atoms with Gasteiger partial charge in [0.15, 0.2) is 5.69 Å². The first-order valence-corrected chi connectivity index (χ1v) is 10.5. The number of nitrogens with zero attached hydrogens (tertiary/aromatic N) is 4. The molecule has 0 atom stereocenters. The van der Waals surface area contributed by atoms with Gasteiger partial charge in [0.2, 0.25) is 5.76 Å². The number of nitrogens with one attached hydrogen (secondary N) is 2. The second-order valence-electron chi connectivity index (χ2n) is 7.67. The Kier molecular flexibility index (Phi) is 6.30. The number of hydrogen-bond acceptors (Lipinski definition) is 7. The van der Waals surface area contributed by atoms with Crippen LogP contribution in [0.5, 0.6) is 0 Å². The number of amides is 1. The van der Waals surface area contributed by atoms with E-state index in [1.165, 1.54) is 6.20 Å². The van der Waals surface area contributed by atoms with Crippen molar-refractivity contribution in [3.8, 4) is 0 Å². The zero-order valence-corrected chi connectivity index (χ0v) is 17.0. The van der Waals surface area contributed by atoms with Crippen LogP contribution in [-0.4, -0.2) is 55.1 Å². The van der Waals surface area contributed by atoms with Crippen molar-refractivity contribution in [2.45, 2.75) is 31.9 Å². The first kappa shape index (κ1) is 21.4. The van der Waals surface area contributed by atoms with Crippen LogP contribution in [0.25, 0.3) is 0 Å². The minimum Gasteiger partial charge on any atom is -0.417 e. The normalized spacial score (nSPS) is 18.0. The summed E-state index contributed by atoms with van der Waals surface area (Å²) in [7, 11) is 0. The maximum atomic E-state index is 13.5. The summed E-state index contributed by atoms with van der Waals surface area (Å²) in [5.74, 6) is -1.09. The zero-order valence-electron chi connectivity index (χ0n) is 17.0. The quantitative estimate of drug-likeness (QED) is 0.759. The smallest absolute Gasteiger partial charge is 0.417 e. The van der Waals surface area contributed by atoms with Gasteiger partial charge in [-0.1, -0.05) is 0 Å². The highest BCUT2D eigenvalue weighted by Gasteiger charge is 2.42. The van der Waals surface area contributed by atoms with Gasteiger partial charge < -0.3 is 24.9 Å². The van der Waals surface area contributed by atoms with Crippen molar-refractivity contribution in [2.75, 3.05) is 54.4 Å².